The van der Waals surface area contributed by atoms with Crippen molar-refractivity contribution in [2.45, 2.75) is 0 Å². The van der Waals surface area contributed by atoms with Crippen molar-refractivity contribution in [1.82, 2.24) is 9.97 Å². The maximum absolute atomic E-state index is 13.4. The molecular weight excluding hydrogens is 263 g/mol. The molecule has 0 aliphatic rings. The molecule has 0 aliphatic carbocycles. The van der Waals surface area contributed by atoms with Crippen LogP contribution in [0.15, 0.2) is 42.5 Å². The Morgan fingerprint density at radius 3 is 2.79 bits per heavy atom. The predicted octanol–water partition coefficient (Wildman–Crippen LogP) is 4.66. The van der Waals surface area contributed by atoms with E-state index in [4.69, 9.17) is 11.6 Å². The molecule has 19 heavy (non-hydrogen) atoms. The molecule has 0 unspecified atom stereocenters. The summed E-state index contributed by atoms with van der Waals surface area (Å²) in [5.74, 6) is -0.281. The number of rotatable bonds is 0. The Hall–Kier alpha value is -2.13. The number of aromatic amines is 1. The number of pyridine rings is 1. The van der Waals surface area contributed by atoms with Gasteiger partial charge in [0, 0.05) is 21.7 Å². The standard InChI is InChI=1S/C15H8ClFN2/c16-15-13-9-3-1-2-4-11(9)18-14(13)10-7-8(17)5-6-12(10)19-15/h1-7,18H. The van der Waals surface area contributed by atoms with Gasteiger partial charge in [-0.05, 0) is 24.3 Å². The van der Waals surface area contributed by atoms with E-state index < -0.39 is 0 Å². The number of hydrogen-bond acceptors (Lipinski definition) is 1. The van der Waals surface area contributed by atoms with Gasteiger partial charge < -0.3 is 4.98 Å². The monoisotopic (exact) mass is 270 g/mol. The highest BCUT2D eigenvalue weighted by atomic mass is 35.5. The van der Waals surface area contributed by atoms with Crippen LogP contribution >= 0.6 is 11.6 Å². The molecule has 4 aromatic rings. The number of fused-ring (bicyclic) bond motifs is 5. The lowest BCUT2D eigenvalue weighted by Gasteiger charge is -2.01. The van der Waals surface area contributed by atoms with E-state index in [2.05, 4.69) is 9.97 Å². The molecule has 2 aromatic carbocycles. The van der Waals surface area contributed by atoms with Gasteiger partial charge in [-0.25, -0.2) is 9.37 Å². The Morgan fingerprint density at radius 2 is 1.89 bits per heavy atom. The number of nitrogens with zero attached hydrogens (tertiary/aromatic N) is 1. The van der Waals surface area contributed by atoms with Crippen molar-refractivity contribution in [2.24, 2.45) is 0 Å². The first kappa shape index (κ1) is 10.8. The molecule has 1 N–H and O–H groups in total. The highest BCUT2D eigenvalue weighted by Gasteiger charge is 2.13. The second kappa shape index (κ2) is 3.68. The zero-order valence-corrected chi connectivity index (χ0v) is 10.5. The molecule has 92 valence electrons. The Kier molecular flexibility index (Phi) is 2.09. The molecule has 0 radical (unpaired) electrons. The molecule has 0 amide bonds. The Morgan fingerprint density at radius 1 is 1.05 bits per heavy atom. The fourth-order valence-corrected chi connectivity index (χ4v) is 2.81. The number of H-pyrrole nitrogens is 1. The fraction of sp³-hybridized carbons (Fsp3) is 0. The Bertz CT molecular complexity index is 943. The first-order valence-corrected chi connectivity index (χ1v) is 6.27. The van der Waals surface area contributed by atoms with E-state index in [0.717, 1.165) is 27.2 Å². The topological polar surface area (TPSA) is 28.7 Å². The molecule has 4 heteroatoms. The van der Waals surface area contributed by atoms with Crippen LogP contribution in [0.5, 0.6) is 0 Å². The van der Waals surface area contributed by atoms with E-state index >= 15 is 0 Å². The summed E-state index contributed by atoms with van der Waals surface area (Å²) in [7, 11) is 0. The van der Waals surface area contributed by atoms with Gasteiger partial charge in [0.2, 0.25) is 0 Å². The number of nitrogens with one attached hydrogen (secondary N) is 1. The number of aromatic nitrogens is 2. The highest BCUT2D eigenvalue weighted by Crippen LogP contribution is 2.34. The summed E-state index contributed by atoms with van der Waals surface area (Å²) < 4.78 is 13.4. The predicted molar refractivity (Wildman–Crippen MR) is 76.1 cm³/mol. The van der Waals surface area contributed by atoms with E-state index in [1.54, 1.807) is 6.07 Å². The summed E-state index contributed by atoms with van der Waals surface area (Å²) in [6.45, 7) is 0. The molecule has 0 saturated heterocycles. The maximum Gasteiger partial charge on any atom is 0.139 e. The summed E-state index contributed by atoms with van der Waals surface area (Å²) in [4.78, 5) is 7.64. The van der Waals surface area contributed by atoms with Crippen LogP contribution in [0.1, 0.15) is 0 Å². The Labute approximate surface area is 112 Å². The van der Waals surface area contributed by atoms with Gasteiger partial charge in [0.05, 0.1) is 11.0 Å². The minimum Gasteiger partial charge on any atom is -0.354 e. The number of para-hydroxylation sites is 1. The van der Waals surface area contributed by atoms with Crippen molar-refractivity contribution in [2.75, 3.05) is 0 Å². The van der Waals surface area contributed by atoms with Gasteiger partial charge in [0.1, 0.15) is 11.0 Å². The van der Waals surface area contributed by atoms with Crippen LogP contribution in [-0.4, -0.2) is 9.97 Å². The number of benzene rings is 2. The Balaban J connectivity index is 2.35. The van der Waals surface area contributed by atoms with Crippen LogP contribution in [0, 0.1) is 5.82 Å². The summed E-state index contributed by atoms with van der Waals surface area (Å²) in [6.07, 6.45) is 0. The lowest BCUT2D eigenvalue weighted by Crippen LogP contribution is -1.84. The lowest BCUT2D eigenvalue weighted by molar-refractivity contribution is 0.629. The molecule has 0 fully saturated rings. The minimum absolute atomic E-state index is 0.281. The second-order valence-corrected chi connectivity index (χ2v) is 4.84. The largest absolute Gasteiger partial charge is 0.354 e. The minimum atomic E-state index is -0.281. The molecule has 0 atom stereocenters. The van der Waals surface area contributed by atoms with Gasteiger partial charge >= 0.3 is 0 Å². The van der Waals surface area contributed by atoms with Crippen LogP contribution in [-0.2, 0) is 0 Å². The van der Waals surface area contributed by atoms with Crippen molar-refractivity contribution in [3.05, 3.63) is 53.4 Å². The van der Waals surface area contributed by atoms with E-state index in [-0.39, 0.29) is 5.82 Å². The molecule has 0 aliphatic heterocycles. The van der Waals surface area contributed by atoms with Crippen LogP contribution < -0.4 is 0 Å². The third-order valence-electron chi connectivity index (χ3n) is 3.36. The summed E-state index contributed by atoms with van der Waals surface area (Å²) in [5, 5.41) is 3.03. The van der Waals surface area contributed by atoms with Gasteiger partial charge in [-0.2, -0.15) is 0 Å². The fourth-order valence-electron chi connectivity index (χ4n) is 2.53. The maximum atomic E-state index is 13.4. The van der Waals surface area contributed by atoms with E-state index in [1.165, 1.54) is 12.1 Å². The molecule has 0 saturated carbocycles. The van der Waals surface area contributed by atoms with Crippen LogP contribution in [0.4, 0.5) is 4.39 Å². The first-order valence-electron chi connectivity index (χ1n) is 5.89. The molecular formula is C15H8ClFN2. The van der Waals surface area contributed by atoms with E-state index in [0.29, 0.717) is 10.7 Å². The normalized spacial score (nSPS) is 11.7. The van der Waals surface area contributed by atoms with Crippen molar-refractivity contribution in [1.29, 1.82) is 0 Å². The van der Waals surface area contributed by atoms with Gasteiger partial charge in [-0.1, -0.05) is 29.8 Å². The third-order valence-corrected chi connectivity index (χ3v) is 3.63. The van der Waals surface area contributed by atoms with Crippen LogP contribution in [0.25, 0.3) is 32.7 Å². The second-order valence-electron chi connectivity index (χ2n) is 4.48. The van der Waals surface area contributed by atoms with Crippen molar-refractivity contribution in [3.8, 4) is 0 Å². The number of halogens is 2. The third kappa shape index (κ3) is 1.45. The molecule has 2 heterocycles. The smallest absolute Gasteiger partial charge is 0.139 e. The molecule has 4 rings (SSSR count). The van der Waals surface area contributed by atoms with Crippen LogP contribution in [0.2, 0.25) is 5.15 Å². The molecule has 2 aromatic heterocycles. The zero-order chi connectivity index (χ0) is 13.0. The molecule has 0 spiro atoms. The summed E-state index contributed by atoms with van der Waals surface area (Å²) in [5.41, 5.74) is 2.49. The molecule has 0 bridgehead atoms. The summed E-state index contributed by atoms with van der Waals surface area (Å²) >= 11 is 6.27. The van der Waals surface area contributed by atoms with Crippen molar-refractivity contribution < 1.29 is 4.39 Å². The van der Waals surface area contributed by atoms with Gasteiger partial charge in [0.25, 0.3) is 0 Å². The zero-order valence-electron chi connectivity index (χ0n) is 9.74. The quantitative estimate of drug-likeness (QED) is 0.463. The van der Waals surface area contributed by atoms with Gasteiger partial charge in [0.15, 0.2) is 0 Å². The van der Waals surface area contributed by atoms with E-state index in [9.17, 15) is 4.39 Å². The van der Waals surface area contributed by atoms with E-state index in [1.807, 2.05) is 24.3 Å². The van der Waals surface area contributed by atoms with Gasteiger partial charge in [-0.3, -0.25) is 0 Å². The first-order chi connectivity index (χ1) is 9.24. The highest BCUT2D eigenvalue weighted by molar-refractivity contribution is 6.38. The van der Waals surface area contributed by atoms with Crippen molar-refractivity contribution in [3.63, 3.8) is 0 Å². The van der Waals surface area contributed by atoms with Crippen molar-refractivity contribution >= 4 is 44.3 Å². The van der Waals surface area contributed by atoms with Gasteiger partial charge in [-0.15, -0.1) is 0 Å². The van der Waals surface area contributed by atoms with Crippen LogP contribution in [0.3, 0.4) is 0 Å². The molecule has 2 nitrogen and oxygen atoms in total. The SMILES string of the molecule is Fc1ccc2nc(Cl)c3c4ccccc4[nH]c3c2c1. The lowest BCUT2D eigenvalue weighted by atomic mass is 10.1. The average Bonchev–Trinajstić information content (AvgIpc) is 2.80. The number of hydrogen-bond donors (Lipinski definition) is 1. The average molecular weight is 271 g/mol. The summed E-state index contributed by atoms with van der Waals surface area (Å²) in [6, 6.07) is 12.4.